The molecule has 1 amide bonds. The Labute approximate surface area is 255 Å². The van der Waals surface area contributed by atoms with E-state index in [9.17, 15) is 44.7 Å². The number of nitrogens with zero attached hydrogens (tertiary/aromatic N) is 5. The molecule has 240 valence electrons. The van der Waals surface area contributed by atoms with Gasteiger partial charge in [0.25, 0.3) is 0 Å². The first-order valence-corrected chi connectivity index (χ1v) is 15.2. The zero-order valence-electron chi connectivity index (χ0n) is 22.7. The van der Waals surface area contributed by atoms with E-state index in [0.29, 0.717) is 27.5 Å². The summed E-state index contributed by atoms with van der Waals surface area (Å²) < 4.78 is 109. The summed E-state index contributed by atoms with van der Waals surface area (Å²) in [5, 5.41) is 12.3. The maximum atomic E-state index is 13.6. The highest BCUT2D eigenvalue weighted by Crippen LogP contribution is 2.33. The SMILES string of the molecule is O=C(NCc1ccc(OC(F)(F)F)cc1)[C@H]1CN(c2nc3nc(CO)ncc3s2)CCN1S(=O)(=O)c1ccc(C(F)(F)F)cc1. The van der Waals surface area contributed by atoms with Gasteiger partial charge in [0.15, 0.2) is 16.6 Å². The molecule has 2 aromatic carbocycles. The number of benzene rings is 2. The Morgan fingerprint density at radius 2 is 1.71 bits per heavy atom. The van der Waals surface area contributed by atoms with Crippen LogP contribution in [0.4, 0.5) is 31.5 Å². The predicted molar refractivity (Wildman–Crippen MR) is 147 cm³/mol. The van der Waals surface area contributed by atoms with Crippen LogP contribution in [0.25, 0.3) is 10.3 Å². The number of nitrogens with one attached hydrogen (secondary N) is 1. The number of amides is 1. The monoisotopic (exact) mass is 676 g/mol. The molecule has 1 atom stereocenters. The van der Waals surface area contributed by atoms with Crippen LogP contribution in [0.15, 0.2) is 59.6 Å². The van der Waals surface area contributed by atoms with Crippen LogP contribution in [-0.2, 0) is 34.1 Å². The average molecular weight is 677 g/mol. The lowest BCUT2D eigenvalue weighted by Crippen LogP contribution is -2.60. The van der Waals surface area contributed by atoms with E-state index >= 15 is 0 Å². The second kappa shape index (κ2) is 12.4. The Balaban J connectivity index is 1.40. The highest BCUT2D eigenvalue weighted by Gasteiger charge is 2.41. The number of hydrogen-bond acceptors (Lipinski definition) is 10. The van der Waals surface area contributed by atoms with Crippen LogP contribution >= 0.6 is 11.3 Å². The van der Waals surface area contributed by atoms with Crippen LogP contribution in [0.1, 0.15) is 17.0 Å². The van der Waals surface area contributed by atoms with Crippen molar-refractivity contribution in [3.63, 3.8) is 0 Å². The van der Waals surface area contributed by atoms with Crippen molar-refractivity contribution in [2.75, 3.05) is 24.5 Å². The molecule has 0 aliphatic carbocycles. The second-order valence-corrected chi connectivity index (χ2v) is 12.5. The molecule has 4 aromatic rings. The van der Waals surface area contributed by atoms with Gasteiger partial charge in [-0.25, -0.2) is 18.4 Å². The number of alkyl halides is 6. The van der Waals surface area contributed by atoms with Gasteiger partial charge in [-0.05, 0) is 42.0 Å². The third-order valence-electron chi connectivity index (χ3n) is 6.65. The Morgan fingerprint density at radius 3 is 2.33 bits per heavy atom. The molecular formula is C26H22F6N6O5S2. The number of carbonyl (C=O) groups is 1. The third kappa shape index (κ3) is 7.43. The summed E-state index contributed by atoms with van der Waals surface area (Å²) in [7, 11) is -4.48. The summed E-state index contributed by atoms with van der Waals surface area (Å²) in [6.07, 6.45) is -8.11. The van der Waals surface area contributed by atoms with Gasteiger partial charge in [-0.2, -0.15) is 22.5 Å². The number of aliphatic hydroxyl groups excluding tert-OH is 1. The number of carbonyl (C=O) groups excluding carboxylic acids is 1. The molecule has 1 aliphatic rings. The van der Waals surface area contributed by atoms with Crippen LogP contribution in [0, 0.1) is 0 Å². The summed E-state index contributed by atoms with van der Waals surface area (Å²) >= 11 is 1.17. The zero-order chi connectivity index (χ0) is 32.6. The summed E-state index contributed by atoms with van der Waals surface area (Å²) in [6, 6.07) is 6.19. The Morgan fingerprint density at radius 1 is 1.02 bits per heavy atom. The molecule has 5 rings (SSSR count). The van der Waals surface area contributed by atoms with Gasteiger partial charge in [0, 0.05) is 26.2 Å². The van der Waals surface area contributed by atoms with Gasteiger partial charge in [0.05, 0.1) is 21.4 Å². The minimum atomic E-state index is -4.89. The highest BCUT2D eigenvalue weighted by molar-refractivity contribution is 7.89. The van der Waals surface area contributed by atoms with Crippen molar-refractivity contribution >= 4 is 42.7 Å². The van der Waals surface area contributed by atoms with Gasteiger partial charge < -0.3 is 20.1 Å². The molecule has 1 saturated heterocycles. The molecule has 19 heteroatoms. The number of thiazole rings is 1. The fourth-order valence-electron chi connectivity index (χ4n) is 4.48. The smallest absolute Gasteiger partial charge is 0.406 e. The Kier molecular flexibility index (Phi) is 8.89. The van der Waals surface area contributed by atoms with Crippen LogP contribution in [0.2, 0.25) is 0 Å². The quantitative estimate of drug-likeness (QED) is 0.268. The number of ether oxygens (including phenoxy) is 1. The largest absolute Gasteiger partial charge is 0.573 e. The topological polar surface area (TPSA) is 138 Å². The minimum Gasteiger partial charge on any atom is -0.406 e. The Hall–Kier alpha value is -4.07. The normalized spacial score (nSPS) is 16.6. The number of anilines is 1. The maximum absolute atomic E-state index is 13.6. The van der Waals surface area contributed by atoms with E-state index in [4.69, 9.17) is 0 Å². The van der Waals surface area contributed by atoms with Gasteiger partial charge in [0.2, 0.25) is 15.9 Å². The van der Waals surface area contributed by atoms with Crippen LogP contribution in [-0.4, -0.2) is 70.7 Å². The molecule has 0 radical (unpaired) electrons. The van der Waals surface area contributed by atoms with Gasteiger partial charge in [-0.1, -0.05) is 23.5 Å². The van der Waals surface area contributed by atoms with Gasteiger partial charge in [-0.3, -0.25) is 4.79 Å². The number of aliphatic hydroxyl groups is 1. The number of halogens is 6. The zero-order valence-corrected chi connectivity index (χ0v) is 24.3. The van der Waals surface area contributed by atoms with E-state index in [1.807, 2.05) is 0 Å². The Bertz CT molecular complexity index is 1780. The highest BCUT2D eigenvalue weighted by atomic mass is 32.2. The number of fused-ring (bicyclic) bond motifs is 1. The number of rotatable bonds is 8. The molecule has 11 nitrogen and oxygen atoms in total. The molecule has 2 aromatic heterocycles. The van der Waals surface area contributed by atoms with Crippen molar-refractivity contribution in [3.05, 3.63) is 71.7 Å². The predicted octanol–water partition coefficient (Wildman–Crippen LogP) is 3.69. The molecule has 0 bridgehead atoms. The maximum Gasteiger partial charge on any atom is 0.573 e. The van der Waals surface area contributed by atoms with Crippen molar-refractivity contribution in [1.29, 1.82) is 0 Å². The van der Waals surface area contributed by atoms with Crippen molar-refractivity contribution in [1.82, 2.24) is 24.6 Å². The lowest BCUT2D eigenvalue weighted by Gasteiger charge is -2.39. The molecule has 45 heavy (non-hydrogen) atoms. The van der Waals surface area contributed by atoms with Crippen LogP contribution < -0.4 is 15.0 Å². The summed E-state index contributed by atoms with van der Waals surface area (Å²) in [5.41, 5.74) is -0.379. The van der Waals surface area contributed by atoms with E-state index in [2.05, 4.69) is 25.0 Å². The van der Waals surface area contributed by atoms with Crippen molar-refractivity contribution in [2.45, 2.75) is 36.6 Å². The molecule has 2 N–H and O–H groups in total. The van der Waals surface area contributed by atoms with E-state index in [0.717, 1.165) is 28.6 Å². The fraction of sp³-hybridized carbons (Fsp3) is 0.308. The lowest BCUT2D eigenvalue weighted by molar-refractivity contribution is -0.274. The van der Waals surface area contributed by atoms with Crippen molar-refractivity contribution < 1.29 is 49.4 Å². The summed E-state index contributed by atoms with van der Waals surface area (Å²) in [4.78, 5) is 27.3. The minimum absolute atomic E-state index is 0.0599. The third-order valence-corrected chi connectivity index (χ3v) is 9.61. The van der Waals surface area contributed by atoms with Crippen molar-refractivity contribution in [3.8, 4) is 5.75 Å². The van der Waals surface area contributed by atoms with Gasteiger partial charge >= 0.3 is 12.5 Å². The first-order valence-electron chi connectivity index (χ1n) is 12.9. The molecule has 0 spiro atoms. The summed E-state index contributed by atoms with van der Waals surface area (Å²) in [5.74, 6) is -1.10. The number of aromatic nitrogens is 3. The molecule has 1 fully saturated rings. The summed E-state index contributed by atoms with van der Waals surface area (Å²) in [6.45, 7) is -0.983. The van der Waals surface area contributed by atoms with Crippen LogP contribution in [0.5, 0.6) is 5.75 Å². The van der Waals surface area contributed by atoms with Crippen molar-refractivity contribution in [2.24, 2.45) is 0 Å². The van der Waals surface area contributed by atoms with E-state index in [1.165, 1.54) is 29.7 Å². The molecule has 0 unspecified atom stereocenters. The van der Waals surface area contributed by atoms with Gasteiger partial charge in [0.1, 0.15) is 18.4 Å². The average Bonchev–Trinajstić information content (AvgIpc) is 3.42. The van der Waals surface area contributed by atoms with Crippen LogP contribution in [0.3, 0.4) is 0 Å². The first kappa shape index (κ1) is 32.3. The lowest BCUT2D eigenvalue weighted by atomic mass is 10.1. The van der Waals surface area contributed by atoms with Gasteiger partial charge in [-0.15, -0.1) is 13.2 Å². The molecule has 3 heterocycles. The standard InChI is InChI=1S/C26H22F6N6O5S2/c27-25(28,29)16-3-7-18(8-4-16)45(41,42)38-10-9-37(24-36-22-20(44-24)12-33-21(14-39)35-22)13-19(38)23(40)34-11-15-1-5-17(6-2-15)43-26(30,31)32/h1-8,12,19,39H,9-11,13-14H2,(H,34,40)/t19-/m1/s1. The van der Waals surface area contributed by atoms with E-state index < -0.39 is 57.3 Å². The van der Waals surface area contributed by atoms with E-state index in [-0.39, 0.29) is 37.7 Å². The van der Waals surface area contributed by atoms with E-state index in [1.54, 1.807) is 4.90 Å². The fourth-order valence-corrected chi connectivity index (χ4v) is 6.96. The molecule has 0 saturated carbocycles. The molecule has 1 aliphatic heterocycles. The number of piperazine rings is 1. The first-order chi connectivity index (χ1) is 21.1. The number of sulfonamides is 1. The second-order valence-electron chi connectivity index (χ2n) is 9.64. The number of hydrogen-bond donors (Lipinski definition) is 2. The molecular weight excluding hydrogens is 654 g/mol.